The summed E-state index contributed by atoms with van der Waals surface area (Å²) in [5, 5.41) is 18.7. The Morgan fingerprint density at radius 1 is 0.800 bits per heavy atom. The molecule has 15 heavy (non-hydrogen) atoms. The Bertz CT molecular complexity index is 146. The summed E-state index contributed by atoms with van der Waals surface area (Å²) in [5.74, 6) is -0.931. The number of aliphatic hydroxyl groups excluding tert-OH is 1. The second kappa shape index (κ2) is 11.5. The Balaban J connectivity index is 2.89. The molecule has 0 saturated carbocycles. The van der Waals surface area contributed by atoms with Crippen LogP contribution in [0, 0.1) is 0 Å². The molecular formula is C12H23O3-. The highest BCUT2D eigenvalue weighted by molar-refractivity contribution is 5.63. The molecule has 0 saturated heterocycles. The highest BCUT2D eigenvalue weighted by Gasteiger charge is 1.92. The van der Waals surface area contributed by atoms with E-state index in [0.29, 0.717) is 6.61 Å². The van der Waals surface area contributed by atoms with Gasteiger partial charge in [0, 0.05) is 12.6 Å². The second-order valence-electron chi connectivity index (χ2n) is 4.03. The summed E-state index contributed by atoms with van der Waals surface area (Å²) in [6.45, 7) is 0.309. The van der Waals surface area contributed by atoms with Crippen LogP contribution >= 0.6 is 0 Å². The van der Waals surface area contributed by atoms with E-state index >= 15 is 0 Å². The first-order chi connectivity index (χ1) is 7.27. The molecule has 1 N–H and O–H groups in total. The minimum Gasteiger partial charge on any atom is -0.550 e. The molecule has 0 aromatic rings. The first-order valence-electron chi connectivity index (χ1n) is 6.08. The lowest BCUT2D eigenvalue weighted by atomic mass is 10.1. The highest BCUT2D eigenvalue weighted by atomic mass is 16.4. The largest absolute Gasteiger partial charge is 0.550 e. The quantitative estimate of drug-likeness (QED) is 0.533. The number of aliphatic carboxylic acids is 1. The molecule has 0 aromatic heterocycles. The Morgan fingerprint density at radius 2 is 1.20 bits per heavy atom. The van der Waals surface area contributed by atoms with Crippen LogP contribution in [0.1, 0.15) is 64.2 Å². The van der Waals surface area contributed by atoms with Gasteiger partial charge in [-0.05, 0) is 19.3 Å². The van der Waals surface area contributed by atoms with Gasteiger partial charge in [0.25, 0.3) is 0 Å². The van der Waals surface area contributed by atoms with Crippen molar-refractivity contribution in [1.29, 1.82) is 0 Å². The van der Waals surface area contributed by atoms with E-state index in [1.54, 1.807) is 0 Å². The smallest absolute Gasteiger partial charge is 0.0431 e. The molecule has 0 atom stereocenters. The Labute approximate surface area is 92.5 Å². The molecule has 0 aromatic carbocycles. The van der Waals surface area contributed by atoms with Crippen LogP contribution < -0.4 is 5.11 Å². The Kier molecular flexibility index (Phi) is 11.1. The molecule has 0 aliphatic carbocycles. The van der Waals surface area contributed by atoms with Crippen molar-refractivity contribution in [1.82, 2.24) is 0 Å². The van der Waals surface area contributed by atoms with E-state index in [4.69, 9.17) is 5.11 Å². The van der Waals surface area contributed by atoms with Gasteiger partial charge in [0.2, 0.25) is 0 Å². The van der Waals surface area contributed by atoms with Gasteiger partial charge in [0.05, 0.1) is 0 Å². The van der Waals surface area contributed by atoms with Crippen LogP contribution in [0.3, 0.4) is 0 Å². The summed E-state index contributed by atoms with van der Waals surface area (Å²) in [4.78, 5) is 10.1. The summed E-state index contributed by atoms with van der Waals surface area (Å²) >= 11 is 0. The van der Waals surface area contributed by atoms with E-state index in [9.17, 15) is 9.90 Å². The first kappa shape index (κ1) is 14.4. The summed E-state index contributed by atoms with van der Waals surface area (Å²) in [6.07, 6.45) is 10.0. The van der Waals surface area contributed by atoms with E-state index in [0.717, 1.165) is 32.1 Å². The minimum atomic E-state index is -0.931. The molecule has 0 radical (unpaired) electrons. The highest BCUT2D eigenvalue weighted by Crippen LogP contribution is 2.10. The second-order valence-corrected chi connectivity index (χ2v) is 4.03. The summed E-state index contributed by atoms with van der Waals surface area (Å²) in [7, 11) is 0. The molecule has 0 unspecified atom stereocenters. The molecule has 0 aliphatic rings. The van der Waals surface area contributed by atoms with Crippen LogP contribution in [0.4, 0.5) is 0 Å². The van der Waals surface area contributed by atoms with Crippen LogP contribution in [-0.4, -0.2) is 17.7 Å². The van der Waals surface area contributed by atoms with Gasteiger partial charge in [-0.25, -0.2) is 0 Å². The third kappa shape index (κ3) is 13.4. The summed E-state index contributed by atoms with van der Waals surface area (Å²) < 4.78 is 0. The van der Waals surface area contributed by atoms with Crippen LogP contribution in [0.5, 0.6) is 0 Å². The van der Waals surface area contributed by atoms with Gasteiger partial charge in [-0.15, -0.1) is 0 Å². The fraction of sp³-hybridized carbons (Fsp3) is 0.917. The molecule has 3 nitrogen and oxygen atoms in total. The molecule has 0 aliphatic heterocycles. The first-order valence-corrected chi connectivity index (χ1v) is 6.08. The van der Waals surface area contributed by atoms with Gasteiger partial charge in [-0.3, -0.25) is 0 Å². The van der Waals surface area contributed by atoms with E-state index in [1.165, 1.54) is 25.7 Å². The van der Waals surface area contributed by atoms with Crippen molar-refractivity contribution in [2.75, 3.05) is 6.61 Å². The number of carboxylic acid groups (broad SMARTS) is 1. The maximum Gasteiger partial charge on any atom is 0.0431 e. The van der Waals surface area contributed by atoms with Gasteiger partial charge < -0.3 is 15.0 Å². The predicted molar refractivity (Wildman–Crippen MR) is 58.3 cm³/mol. The van der Waals surface area contributed by atoms with E-state index < -0.39 is 5.97 Å². The number of rotatable bonds is 11. The molecular weight excluding hydrogens is 192 g/mol. The molecule has 0 bridgehead atoms. The maximum atomic E-state index is 10.1. The molecule has 0 fully saturated rings. The number of hydrogen-bond acceptors (Lipinski definition) is 3. The normalized spacial score (nSPS) is 10.5. The molecule has 90 valence electrons. The third-order valence-corrected chi connectivity index (χ3v) is 2.54. The third-order valence-electron chi connectivity index (χ3n) is 2.54. The molecule has 3 heteroatoms. The SMILES string of the molecule is O=C([O-])CCCCCCCCCCCO. The predicted octanol–water partition coefficient (Wildman–Crippen LogP) is 1.63. The van der Waals surface area contributed by atoms with Crippen molar-refractivity contribution in [3.63, 3.8) is 0 Å². The number of carboxylic acids is 1. The zero-order valence-corrected chi connectivity index (χ0v) is 9.54. The van der Waals surface area contributed by atoms with Gasteiger partial charge in [0.1, 0.15) is 0 Å². The van der Waals surface area contributed by atoms with Crippen LogP contribution in [0.2, 0.25) is 0 Å². The van der Waals surface area contributed by atoms with E-state index in [1.807, 2.05) is 0 Å². The Hall–Kier alpha value is -0.570. The van der Waals surface area contributed by atoms with Crippen LogP contribution in [-0.2, 0) is 4.79 Å². The number of unbranched alkanes of at least 4 members (excludes halogenated alkanes) is 8. The van der Waals surface area contributed by atoms with Gasteiger partial charge in [-0.2, -0.15) is 0 Å². The van der Waals surface area contributed by atoms with E-state index in [-0.39, 0.29) is 6.42 Å². The molecule has 0 rings (SSSR count). The minimum absolute atomic E-state index is 0.205. The lowest BCUT2D eigenvalue weighted by Gasteiger charge is -2.02. The summed E-state index contributed by atoms with van der Waals surface area (Å²) in [6, 6.07) is 0. The number of carbonyl (C=O) groups excluding carboxylic acids is 1. The standard InChI is InChI=1S/C12H24O3/c13-11-9-7-5-3-1-2-4-6-8-10-12(14)15/h13H,1-11H2,(H,14,15)/p-1. The monoisotopic (exact) mass is 215 g/mol. The zero-order chi connectivity index (χ0) is 11.4. The fourth-order valence-electron chi connectivity index (χ4n) is 1.62. The van der Waals surface area contributed by atoms with Gasteiger partial charge in [0.15, 0.2) is 0 Å². The fourth-order valence-corrected chi connectivity index (χ4v) is 1.62. The average molecular weight is 215 g/mol. The van der Waals surface area contributed by atoms with Crippen molar-refractivity contribution < 1.29 is 15.0 Å². The van der Waals surface area contributed by atoms with Gasteiger partial charge in [-0.1, -0.05) is 44.9 Å². The van der Waals surface area contributed by atoms with Crippen molar-refractivity contribution >= 4 is 5.97 Å². The topological polar surface area (TPSA) is 60.4 Å². The van der Waals surface area contributed by atoms with Gasteiger partial charge >= 0.3 is 0 Å². The van der Waals surface area contributed by atoms with Crippen molar-refractivity contribution in [3.05, 3.63) is 0 Å². The number of aliphatic hydroxyl groups is 1. The Morgan fingerprint density at radius 3 is 1.60 bits per heavy atom. The number of hydrogen-bond donors (Lipinski definition) is 1. The van der Waals surface area contributed by atoms with Crippen molar-refractivity contribution in [2.24, 2.45) is 0 Å². The zero-order valence-electron chi connectivity index (χ0n) is 9.54. The van der Waals surface area contributed by atoms with Crippen LogP contribution in [0.25, 0.3) is 0 Å². The average Bonchev–Trinajstić information content (AvgIpc) is 2.20. The van der Waals surface area contributed by atoms with Crippen molar-refractivity contribution in [2.45, 2.75) is 64.2 Å². The lowest BCUT2D eigenvalue weighted by molar-refractivity contribution is -0.305. The molecule has 0 spiro atoms. The van der Waals surface area contributed by atoms with Crippen LogP contribution in [0.15, 0.2) is 0 Å². The van der Waals surface area contributed by atoms with Crippen molar-refractivity contribution in [3.8, 4) is 0 Å². The summed E-state index contributed by atoms with van der Waals surface area (Å²) in [5.41, 5.74) is 0. The molecule has 0 amide bonds. The number of carbonyl (C=O) groups is 1. The molecule has 0 heterocycles. The maximum absolute atomic E-state index is 10.1. The lowest BCUT2D eigenvalue weighted by Crippen LogP contribution is -2.21. The van der Waals surface area contributed by atoms with E-state index in [2.05, 4.69) is 0 Å².